The molecule has 2 amide bonds. The highest BCUT2D eigenvalue weighted by atomic mass is 35.5. The molecular weight excluding hydrogens is 306 g/mol. The Morgan fingerprint density at radius 3 is 2.59 bits per heavy atom. The molecule has 0 aliphatic carbocycles. The predicted octanol–water partition coefficient (Wildman–Crippen LogP) is 3.04. The predicted molar refractivity (Wildman–Crippen MR) is 83.5 cm³/mol. The number of amides is 2. The van der Waals surface area contributed by atoms with E-state index in [4.69, 9.17) is 21.6 Å². The summed E-state index contributed by atoms with van der Waals surface area (Å²) in [5.74, 6) is -0.372. The molecule has 0 unspecified atom stereocenters. The zero-order valence-corrected chi connectivity index (χ0v) is 13.1. The van der Waals surface area contributed by atoms with Gasteiger partial charge in [-0.05, 0) is 31.2 Å². The van der Waals surface area contributed by atoms with E-state index in [9.17, 15) is 9.59 Å². The van der Waals surface area contributed by atoms with Crippen LogP contribution in [0.5, 0.6) is 0 Å². The molecule has 0 fully saturated rings. The van der Waals surface area contributed by atoms with Crippen molar-refractivity contribution in [3.63, 3.8) is 0 Å². The largest absolute Gasteiger partial charge is 0.466 e. The highest BCUT2D eigenvalue weighted by molar-refractivity contribution is 6.30. The summed E-state index contributed by atoms with van der Waals surface area (Å²) in [6, 6.07) is 8.28. The zero-order chi connectivity index (χ0) is 16.4. The van der Waals surface area contributed by atoms with E-state index >= 15 is 0 Å². The second kappa shape index (κ2) is 9.64. The summed E-state index contributed by atoms with van der Waals surface area (Å²) in [4.78, 5) is 25.0. The van der Waals surface area contributed by atoms with Gasteiger partial charge in [-0.3, -0.25) is 4.79 Å². The number of nitrogens with zero attached hydrogens (tertiary/aromatic N) is 2. The zero-order valence-electron chi connectivity index (χ0n) is 12.3. The first-order chi connectivity index (χ1) is 10.6. The van der Waals surface area contributed by atoms with Crippen LogP contribution in [0.3, 0.4) is 0 Å². The maximum absolute atomic E-state index is 12.2. The van der Waals surface area contributed by atoms with Crippen molar-refractivity contribution in [3.8, 4) is 6.07 Å². The Labute approximate surface area is 134 Å². The van der Waals surface area contributed by atoms with E-state index in [0.29, 0.717) is 17.3 Å². The Bertz CT molecular complexity index is 540. The normalized spacial score (nSPS) is 9.68. The van der Waals surface area contributed by atoms with E-state index in [1.165, 1.54) is 4.90 Å². The average Bonchev–Trinajstić information content (AvgIpc) is 2.50. The molecule has 0 radical (unpaired) electrons. The van der Waals surface area contributed by atoms with Gasteiger partial charge in [0.05, 0.1) is 25.5 Å². The van der Waals surface area contributed by atoms with Crippen LogP contribution in [0.25, 0.3) is 0 Å². The summed E-state index contributed by atoms with van der Waals surface area (Å²) in [5.41, 5.74) is 0.590. The Morgan fingerprint density at radius 1 is 1.32 bits per heavy atom. The van der Waals surface area contributed by atoms with Crippen molar-refractivity contribution in [1.29, 1.82) is 5.26 Å². The highest BCUT2D eigenvalue weighted by Gasteiger charge is 2.15. The first-order valence-corrected chi connectivity index (χ1v) is 7.28. The van der Waals surface area contributed by atoms with Gasteiger partial charge in [0.25, 0.3) is 0 Å². The molecule has 118 valence electrons. The molecule has 0 aromatic heterocycles. The third-order valence-corrected chi connectivity index (χ3v) is 3.02. The number of halogens is 1. The van der Waals surface area contributed by atoms with E-state index in [-0.39, 0.29) is 37.9 Å². The van der Waals surface area contributed by atoms with Gasteiger partial charge in [-0.1, -0.05) is 11.6 Å². The van der Waals surface area contributed by atoms with Crippen molar-refractivity contribution in [3.05, 3.63) is 29.3 Å². The summed E-state index contributed by atoms with van der Waals surface area (Å²) in [6.07, 6.45) is 0.282. The van der Waals surface area contributed by atoms with Crippen LogP contribution in [-0.4, -0.2) is 36.6 Å². The molecular formula is C15H18ClN3O3. The highest BCUT2D eigenvalue weighted by Crippen LogP contribution is 2.14. The van der Waals surface area contributed by atoms with Gasteiger partial charge < -0.3 is 15.0 Å². The molecule has 22 heavy (non-hydrogen) atoms. The van der Waals surface area contributed by atoms with Crippen LogP contribution in [0.1, 0.15) is 19.8 Å². The number of esters is 1. The number of hydrogen-bond acceptors (Lipinski definition) is 4. The Balaban J connectivity index is 2.61. The van der Waals surface area contributed by atoms with Crippen LogP contribution >= 0.6 is 11.6 Å². The standard InChI is InChI=1S/C15H18ClN3O3/c1-2-22-14(20)8-11-19(10-3-9-17)15(21)18-13-6-4-12(16)5-7-13/h4-7H,2-3,8,10-11H2,1H3,(H,18,21). The van der Waals surface area contributed by atoms with Crippen molar-refractivity contribution in [2.75, 3.05) is 25.0 Å². The lowest BCUT2D eigenvalue weighted by atomic mass is 10.3. The monoisotopic (exact) mass is 323 g/mol. The number of rotatable bonds is 7. The number of carbonyl (C=O) groups is 2. The van der Waals surface area contributed by atoms with Crippen molar-refractivity contribution in [2.24, 2.45) is 0 Å². The molecule has 0 atom stereocenters. The average molecular weight is 324 g/mol. The summed E-state index contributed by atoms with van der Waals surface area (Å²) in [7, 11) is 0. The molecule has 7 heteroatoms. The van der Waals surface area contributed by atoms with Gasteiger partial charge in [0.15, 0.2) is 0 Å². The second-order valence-corrected chi connectivity index (χ2v) is 4.82. The van der Waals surface area contributed by atoms with Crippen molar-refractivity contribution >= 4 is 29.3 Å². The third kappa shape index (κ3) is 6.46. The lowest BCUT2D eigenvalue weighted by Gasteiger charge is -2.21. The number of anilines is 1. The molecule has 0 aliphatic rings. The van der Waals surface area contributed by atoms with Gasteiger partial charge in [0.2, 0.25) is 0 Å². The number of benzene rings is 1. The molecule has 1 rings (SSSR count). The fraction of sp³-hybridized carbons (Fsp3) is 0.400. The minimum Gasteiger partial charge on any atom is -0.466 e. The van der Waals surface area contributed by atoms with E-state index < -0.39 is 0 Å². The SMILES string of the molecule is CCOC(=O)CCN(CCC#N)C(=O)Nc1ccc(Cl)cc1. The summed E-state index contributed by atoms with van der Waals surface area (Å²) >= 11 is 5.78. The number of ether oxygens (including phenoxy) is 1. The van der Waals surface area contributed by atoms with Gasteiger partial charge in [0.1, 0.15) is 0 Å². The van der Waals surface area contributed by atoms with Crippen LogP contribution < -0.4 is 5.32 Å². The van der Waals surface area contributed by atoms with Gasteiger partial charge in [-0.2, -0.15) is 5.26 Å². The number of nitriles is 1. The summed E-state index contributed by atoms with van der Waals surface area (Å²) < 4.78 is 4.83. The molecule has 1 aromatic carbocycles. The molecule has 6 nitrogen and oxygen atoms in total. The number of urea groups is 1. The lowest BCUT2D eigenvalue weighted by Crippen LogP contribution is -2.37. The van der Waals surface area contributed by atoms with Gasteiger partial charge in [-0.25, -0.2) is 4.79 Å². The first-order valence-electron chi connectivity index (χ1n) is 6.91. The van der Waals surface area contributed by atoms with Crippen molar-refractivity contribution < 1.29 is 14.3 Å². The topological polar surface area (TPSA) is 82.4 Å². The fourth-order valence-electron chi connectivity index (χ4n) is 1.70. The number of nitrogens with one attached hydrogen (secondary N) is 1. The van der Waals surface area contributed by atoms with E-state index in [1.54, 1.807) is 31.2 Å². The van der Waals surface area contributed by atoms with Crippen molar-refractivity contribution in [1.82, 2.24) is 4.90 Å². The van der Waals surface area contributed by atoms with Crippen LogP contribution in [0.15, 0.2) is 24.3 Å². The fourth-order valence-corrected chi connectivity index (χ4v) is 1.82. The Hall–Kier alpha value is -2.26. The van der Waals surface area contributed by atoms with E-state index in [0.717, 1.165) is 0 Å². The maximum Gasteiger partial charge on any atom is 0.321 e. The molecule has 0 bridgehead atoms. The Morgan fingerprint density at radius 2 is 2.00 bits per heavy atom. The van der Waals surface area contributed by atoms with Crippen LogP contribution in [-0.2, 0) is 9.53 Å². The Kier molecular flexibility index (Phi) is 7.79. The molecule has 0 saturated heterocycles. The maximum atomic E-state index is 12.2. The summed E-state index contributed by atoms with van der Waals surface area (Å²) in [6.45, 7) is 2.46. The first kappa shape index (κ1) is 17.8. The molecule has 1 aromatic rings. The van der Waals surface area contributed by atoms with E-state index in [2.05, 4.69) is 5.32 Å². The van der Waals surface area contributed by atoms with Gasteiger partial charge in [0, 0.05) is 23.8 Å². The second-order valence-electron chi connectivity index (χ2n) is 4.39. The smallest absolute Gasteiger partial charge is 0.321 e. The quantitative estimate of drug-likeness (QED) is 0.782. The molecule has 0 saturated carbocycles. The third-order valence-electron chi connectivity index (χ3n) is 2.77. The number of hydrogen-bond donors (Lipinski definition) is 1. The van der Waals surface area contributed by atoms with E-state index in [1.807, 2.05) is 6.07 Å². The van der Waals surface area contributed by atoms with Gasteiger partial charge in [-0.15, -0.1) is 0 Å². The summed E-state index contributed by atoms with van der Waals surface area (Å²) in [5, 5.41) is 11.9. The molecule has 1 N–H and O–H groups in total. The van der Waals surface area contributed by atoms with Gasteiger partial charge >= 0.3 is 12.0 Å². The number of carbonyl (C=O) groups excluding carboxylic acids is 2. The molecule has 0 spiro atoms. The minimum absolute atomic E-state index is 0.0906. The van der Waals surface area contributed by atoms with Crippen LogP contribution in [0, 0.1) is 11.3 Å². The molecule has 0 heterocycles. The lowest BCUT2D eigenvalue weighted by molar-refractivity contribution is -0.143. The minimum atomic E-state index is -0.373. The van der Waals surface area contributed by atoms with Crippen molar-refractivity contribution in [2.45, 2.75) is 19.8 Å². The van der Waals surface area contributed by atoms with Crippen LogP contribution in [0.4, 0.5) is 10.5 Å². The van der Waals surface area contributed by atoms with Crippen LogP contribution in [0.2, 0.25) is 5.02 Å². The molecule has 0 aliphatic heterocycles.